The monoisotopic (exact) mass is 260 g/mol. The highest BCUT2D eigenvalue weighted by Gasteiger charge is 2.19. The fourth-order valence-corrected chi connectivity index (χ4v) is 1.14. The molecule has 1 aromatic carbocycles. The first-order valence-electron chi connectivity index (χ1n) is 3.24. The molecule has 2 radical (unpaired) electrons. The molecule has 1 aromatic rings. The van der Waals surface area contributed by atoms with Crippen LogP contribution < -0.4 is 0 Å². The minimum atomic E-state index is -1.74. The Balaban J connectivity index is 2.99. The molecule has 0 aliphatic carbocycles. The lowest BCUT2D eigenvalue weighted by Crippen LogP contribution is -2.09. The van der Waals surface area contributed by atoms with Crippen LogP contribution in [-0.2, 0) is 3.57 Å². The average molecular weight is 260 g/mol. The van der Waals surface area contributed by atoms with Crippen molar-refractivity contribution >= 4 is 30.4 Å². The fourth-order valence-electron chi connectivity index (χ4n) is 0.776. The van der Waals surface area contributed by atoms with Crippen molar-refractivity contribution in [2.24, 2.45) is 0 Å². The van der Waals surface area contributed by atoms with E-state index >= 15 is 0 Å². The molecule has 0 amide bonds. The largest absolute Gasteiger partial charge is 0.239 e. The number of rotatable bonds is 1. The Morgan fingerprint density at radius 3 is 2.18 bits per heavy atom. The van der Waals surface area contributed by atoms with Gasteiger partial charge in [-0.2, -0.15) is 0 Å². The van der Waals surface area contributed by atoms with Gasteiger partial charge in [-0.25, -0.2) is 4.39 Å². The van der Waals surface area contributed by atoms with Gasteiger partial charge in [0.1, 0.15) is 11.4 Å². The summed E-state index contributed by atoms with van der Waals surface area (Å²) < 4.78 is 11.3. The van der Waals surface area contributed by atoms with Crippen LogP contribution in [0, 0.1) is 6.92 Å². The lowest BCUT2D eigenvalue weighted by Gasteiger charge is -2.12. The van der Waals surface area contributed by atoms with E-state index in [-0.39, 0.29) is 0 Å². The van der Waals surface area contributed by atoms with E-state index in [2.05, 4.69) is 0 Å². The molecule has 56 valence electrons. The third kappa shape index (κ3) is 2.47. The minimum absolute atomic E-state index is 0.503. The van der Waals surface area contributed by atoms with E-state index in [4.69, 9.17) is 7.85 Å². The van der Waals surface area contributed by atoms with Crippen LogP contribution in [0.5, 0.6) is 0 Å². The summed E-state index contributed by atoms with van der Waals surface area (Å²) in [6.45, 7) is 1.95. The third-order valence-electron chi connectivity index (χ3n) is 1.44. The lowest BCUT2D eigenvalue weighted by atomic mass is 9.93. The number of benzene rings is 1. The molecule has 0 saturated carbocycles. The summed E-state index contributed by atoms with van der Waals surface area (Å²) in [5.74, 6) is 0. The molecule has 1 rings (SSSR count). The Bertz CT molecular complexity index is 237. The van der Waals surface area contributed by atoms with Crippen LogP contribution in [0.3, 0.4) is 0 Å². The topological polar surface area (TPSA) is 0 Å². The van der Waals surface area contributed by atoms with Crippen LogP contribution in [0.2, 0.25) is 0 Å². The summed E-state index contributed by atoms with van der Waals surface area (Å²) >= 11 is 1.57. The van der Waals surface area contributed by atoms with Crippen LogP contribution in [0.15, 0.2) is 24.3 Å². The van der Waals surface area contributed by atoms with Gasteiger partial charge in [0, 0.05) is 0 Å². The van der Waals surface area contributed by atoms with Gasteiger partial charge in [0.15, 0.2) is 0 Å². The van der Waals surface area contributed by atoms with E-state index < -0.39 is 3.57 Å². The average Bonchev–Trinajstić information content (AvgIpc) is 1.86. The summed E-state index contributed by atoms with van der Waals surface area (Å²) in [6.07, 6.45) is 0. The molecule has 0 heterocycles. The first kappa shape index (κ1) is 9.04. The Labute approximate surface area is 80.7 Å². The highest BCUT2D eigenvalue weighted by atomic mass is 127. The zero-order valence-electron chi connectivity index (χ0n) is 6.14. The van der Waals surface area contributed by atoms with E-state index in [0.717, 1.165) is 5.56 Å². The number of hydrogen-bond donors (Lipinski definition) is 0. The maximum Gasteiger partial charge on any atom is 0.143 e. The second-order valence-electron chi connectivity index (χ2n) is 2.49. The predicted molar refractivity (Wildman–Crippen MR) is 53.7 cm³/mol. The highest BCUT2D eigenvalue weighted by Crippen LogP contribution is 2.29. The minimum Gasteiger partial charge on any atom is -0.239 e. The number of hydrogen-bond acceptors (Lipinski definition) is 0. The normalized spacial score (nSPS) is 15.9. The van der Waals surface area contributed by atoms with Gasteiger partial charge in [-0.1, -0.05) is 29.8 Å². The molecule has 0 aromatic heterocycles. The van der Waals surface area contributed by atoms with Crippen molar-refractivity contribution < 1.29 is 4.39 Å². The van der Waals surface area contributed by atoms with Crippen molar-refractivity contribution in [3.63, 3.8) is 0 Å². The predicted octanol–water partition coefficient (Wildman–Crippen LogP) is 2.68. The van der Waals surface area contributed by atoms with Crippen molar-refractivity contribution in [1.29, 1.82) is 0 Å². The van der Waals surface area contributed by atoms with Crippen LogP contribution in [0.1, 0.15) is 11.1 Å². The van der Waals surface area contributed by atoms with Gasteiger partial charge in [0.25, 0.3) is 0 Å². The summed E-state index contributed by atoms with van der Waals surface area (Å²) in [6, 6.07) is 7.08. The van der Waals surface area contributed by atoms with Gasteiger partial charge in [-0.15, -0.1) is 0 Å². The number of halogens is 2. The molecule has 0 saturated heterocycles. The molecule has 0 N–H and O–H groups in total. The molecule has 0 aliphatic rings. The van der Waals surface area contributed by atoms with Gasteiger partial charge in [0.2, 0.25) is 0 Å². The molecule has 11 heavy (non-hydrogen) atoms. The Hall–Kier alpha value is -0.0551. The Morgan fingerprint density at radius 1 is 1.36 bits per heavy atom. The summed E-state index contributed by atoms with van der Waals surface area (Å²) in [5.41, 5.74) is 1.61. The maximum absolute atomic E-state index is 13.0. The molecular weight excluding hydrogens is 253 g/mol. The summed E-state index contributed by atoms with van der Waals surface area (Å²) in [5, 5.41) is 0. The van der Waals surface area contributed by atoms with Gasteiger partial charge in [-0.3, -0.25) is 0 Å². The first-order valence-corrected chi connectivity index (χ1v) is 4.32. The molecule has 1 atom stereocenters. The van der Waals surface area contributed by atoms with Crippen LogP contribution >= 0.6 is 22.6 Å². The number of aryl methyl sites for hydroxylation is 1. The van der Waals surface area contributed by atoms with E-state index in [1.165, 1.54) is 0 Å². The Morgan fingerprint density at radius 2 is 1.82 bits per heavy atom. The SMILES string of the molecule is [B]C(F)(I)c1ccc(C)cc1. The second kappa shape index (κ2) is 3.13. The first-order chi connectivity index (χ1) is 5.00. The zero-order chi connectivity index (χ0) is 8.48. The Kier molecular flexibility index (Phi) is 2.57. The summed E-state index contributed by atoms with van der Waals surface area (Å²) in [7, 11) is 5.23. The molecule has 3 heteroatoms. The highest BCUT2D eigenvalue weighted by molar-refractivity contribution is 14.1. The van der Waals surface area contributed by atoms with E-state index in [0.29, 0.717) is 5.56 Å². The molecule has 0 spiro atoms. The van der Waals surface area contributed by atoms with E-state index in [9.17, 15) is 4.39 Å². The van der Waals surface area contributed by atoms with Crippen molar-refractivity contribution in [2.75, 3.05) is 0 Å². The fraction of sp³-hybridized carbons (Fsp3) is 0.250. The van der Waals surface area contributed by atoms with Gasteiger partial charge in [0.05, 0.1) is 0 Å². The third-order valence-corrected chi connectivity index (χ3v) is 2.06. The lowest BCUT2D eigenvalue weighted by molar-refractivity contribution is 0.437. The van der Waals surface area contributed by atoms with Gasteiger partial charge in [-0.05, 0) is 35.1 Å². The zero-order valence-corrected chi connectivity index (χ0v) is 8.30. The van der Waals surface area contributed by atoms with Crippen molar-refractivity contribution in [3.05, 3.63) is 35.4 Å². The van der Waals surface area contributed by atoms with Gasteiger partial charge >= 0.3 is 0 Å². The smallest absolute Gasteiger partial charge is 0.143 e. The molecule has 0 nitrogen and oxygen atoms in total. The standard InChI is InChI=1S/C8H7BFI/c1-6-2-4-7(5-3-6)8(9,10)11/h2-5H,1H3. The summed E-state index contributed by atoms with van der Waals surface area (Å²) in [4.78, 5) is 0. The van der Waals surface area contributed by atoms with Crippen molar-refractivity contribution in [2.45, 2.75) is 10.5 Å². The van der Waals surface area contributed by atoms with Crippen LogP contribution in [0.4, 0.5) is 4.39 Å². The molecule has 0 bridgehead atoms. The van der Waals surface area contributed by atoms with Gasteiger partial charge < -0.3 is 0 Å². The molecule has 0 fully saturated rings. The molecule has 1 unspecified atom stereocenters. The quantitative estimate of drug-likeness (QED) is 0.413. The van der Waals surface area contributed by atoms with Crippen LogP contribution in [-0.4, -0.2) is 7.85 Å². The molecular formula is C8H7BFI. The van der Waals surface area contributed by atoms with Crippen molar-refractivity contribution in [3.8, 4) is 0 Å². The number of alkyl halides is 2. The van der Waals surface area contributed by atoms with E-state index in [1.54, 1.807) is 34.7 Å². The van der Waals surface area contributed by atoms with E-state index in [1.807, 2.05) is 19.1 Å². The van der Waals surface area contributed by atoms with Crippen LogP contribution in [0.25, 0.3) is 0 Å². The van der Waals surface area contributed by atoms with Crippen molar-refractivity contribution in [1.82, 2.24) is 0 Å². The molecule has 0 aliphatic heterocycles. The maximum atomic E-state index is 13.0. The second-order valence-corrected chi connectivity index (χ2v) is 4.06.